The molecule has 0 spiro atoms. The molecular formula is C6H14FN. The van der Waals surface area contributed by atoms with Gasteiger partial charge < -0.3 is 5.32 Å². The molecule has 0 aliphatic carbocycles. The Balaban J connectivity index is 2.53. The van der Waals surface area contributed by atoms with Crippen molar-refractivity contribution < 1.29 is 4.39 Å². The molecule has 0 fully saturated rings. The third kappa shape index (κ3) is 5.89. The summed E-state index contributed by atoms with van der Waals surface area (Å²) in [5, 5.41) is 3.10. The molecule has 50 valence electrons. The monoisotopic (exact) mass is 119 g/mol. The molecule has 0 radical (unpaired) electrons. The van der Waals surface area contributed by atoms with Gasteiger partial charge in [0.2, 0.25) is 0 Å². The fourth-order valence-corrected chi connectivity index (χ4v) is 0.494. The van der Waals surface area contributed by atoms with E-state index in [1.54, 1.807) is 0 Å². The number of hydrogen-bond donors (Lipinski definition) is 1. The molecule has 0 aliphatic heterocycles. The molecule has 0 atom stereocenters. The predicted octanol–water partition coefficient (Wildman–Crippen LogP) is 1.35. The van der Waals surface area contributed by atoms with Gasteiger partial charge in [-0.25, -0.2) is 0 Å². The van der Waals surface area contributed by atoms with Crippen LogP contribution in [-0.4, -0.2) is 19.8 Å². The van der Waals surface area contributed by atoms with Gasteiger partial charge in [-0.15, -0.1) is 0 Å². The molecule has 0 saturated heterocycles. The Kier molecular flexibility index (Phi) is 6.80. The van der Waals surface area contributed by atoms with E-state index in [1.165, 1.54) is 0 Å². The van der Waals surface area contributed by atoms with E-state index < -0.39 is 0 Å². The van der Waals surface area contributed by atoms with E-state index in [0.717, 1.165) is 19.5 Å². The first-order valence-electron chi connectivity index (χ1n) is 3.18. The van der Waals surface area contributed by atoms with Gasteiger partial charge in [-0.1, -0.05) is 6.92 Å². The van der Waals surface area contributed by atoms with E-state index in [0.29, 0.717) is 6.42 Å². The zero-order chi connectivity index (χ0) is 6.24. The lowest BCUT2D eigenvalue weighted by Gasteiger charge is -1.97. The summed E-state index contributed by atoms with van der Waals surface area (Å²) in [6.07, 6.45) is 1.78. The fraction of sp³-hybridized carbons (Fsp3) is 1.00. The van der Waals surface area contributed by atoms with Crippen molar-refractivity contribution in [2.24, 2.45) is 0 Å². The van der Waals surface area contributed by atoms with Crippen molar-refractivity contribution in [2.75, 3.05) is 19.8 Å². The molecule has 0 aliphatic rings. The molecule has 1 N–H and O–H groups in total. The van der Waals surface area contributed by atoms with Gasteiger partial charge in [0.1, 0.15) is 0 Å². The summed E-state index contributed by atoms with van der Waals surface area (Å²) in [6.45, 7) is 3.74. The third-order valence-electron chi connectivity index (χ3n) is 0.914. The lowest BCUT2D eigenvalue weighted by molar-refractivity contribution is 0.459. The van der Waals surface area contributed by atoms with Crippen LogP contribution in [0.3, 0.4) is 0 Å². The van der Waals surface area contributed by atoms with Gasteiger partial charge in [0.15, 0.2) is 0 Å². The summed E-state index contributed by atoms with van der Waals surface area (Å²) < 4.78 is 11.4. The standard InChI is InChI=1S/C6H14FN/c1-2-5-8-6-3-4-7/h8H,2-6H2,1H3. The van der Waals surface area contributed by atoms with Gasteiger partial charge in [-0.2, -0.15) is 0 Å². The molecule has 1 nitrogen and oxygen atoms in total. The second-order valence-corrected chi connectivity index (χ2v) is 1.79. The molecule has 8 heavy (non-hydrogen) atoms. The number of alkyl halides is 1. The average molecular weight is 119 g/mol. The van der Waals surface area contributed by atoms with Gasteiger partial charge in [-0.05, 0) is 25.9 Å². The predicted molar refractivity (Wildman–Crippen MR) is 33.8 cm³/mol. The Bertz CT molecular complexity index is 33.5. The van der Waals surface area contributed by atoms with E-state index in [-0.39, 0.29) is 6.67 Å². The number of hydrogen-bond acceptors (Lipinski definition) is 1. The number of rotatable bonds is 5. The van der Waals surface area contributed by atoms with Crippen LogP contribution < -0.4 is 5.32 Å². The highest BCUT2D eigenvalue weighted by molar-refractivity contribution is 4.43. The van der Waals surface area contributed by atoms with Gasteiger partial charge >= 0.3 is 0 Å². The van der Waals surface area contributed by atoms with Crippen molar-refractivity contribution in [1.82, 2.24) is 5.32 Å². The summed E-state index contributed by atoms with van der Waals surface area (Å²) in [4.78, 5) is 0. The minimum Gasteiger partial charge on any atom is -0.317 e. The topological polar surface area (TPSA) is 12.0 Å². The van der Waals surface area contributed by atoms with E-state index in [9.17, 15) is 4.39 Å². The van der Waals surface area contributed by atoms with Gasteiger partial charge in [0, 0.05) is 0 Å². The van der Waals surface area contributed by atoms with Gasteiger partial charge in [0.25, 0.3) is 0 Å². The summed E-state index contributed by atoms with van der Waals surface area (Å²) >= 11 is 0. The Morgan fingerprint density at radius 1 is 1.38 bits per heavy atom. The van der Waals surface area contributed by atoms with Crippen LogP contribution in [0.1, 0.15) is 19.8 Å². The smallest absolute Gasteiger partial charge is 0.0906 e. The highest BCUT2D eigenvalue weighted by atomic mass is 19.1. The van der Waals surface area contributed by atoms with Crippen molar-refractivity contribution in [3.63, 3.8) is 0 Å². The quantitative estimate of drug-likeness (QED) is 0.538. The molecular weight excluding hydrogens is 105 g/mol. The summed E-state index contributed by atoms with van der Waals surface area (Å²) in [5.74, 6) is 0. The van der Waals surface area contributed by atoms with E-state index >= 15 is 0 Å². The van der Waals surface area contributed by atoms with Crippen LogP contribution in [0.5, 0.6) is 0 Å². The molecule has 0 rings (SSSR count). The van der Waals surface area contributed by atoms with E-state index in [4.69, 9.17) is 0 Å². The van der Waals surface area contributed by atoms with Crippen molar-refractivity contribution in [3.05, 3.63) is 0 Å². The minimum absolute atomic E-state index is 0.198. The molecule has 0 aromatic carbocycles. The second kappa shape index (κ2) is 6.89. The van der Waals surface area contributed by atoms with E-state index in [2.05, 4.69) is 12.2 Å². The highest BCUT2D eigenvalue weighted by Gasteiger charge is 1.82. The lowest BCUT2D eigenvalue weighted by Crippen LogP contribution is -2.16. The minimum atomic E-state index is -0.198. The first-order chi connectivity index (χ1) is 3.91. The first kappa shape index (κ1) is 7.89. The molecule has 0 heterocycles. The number of halogens is 1. The Morgan fingerprint density at radius 2 is 2.12 bits per heavy atom. The van der Waals surface area contributed by atoms with Gasteiger partial charge in [-0.3, -0.25) is 4.39 Å². The van der Waals surface area contributed by atoms with Crippen molar-refractivity contribution in [2.45, 2.75) is 19.8 Å². The van der Waals surface area contributed by atoms with Crippen molar-refractivity contribution in [3.8, 4) is 0 Å². The van der Waals surface area contributed by atoms with Crippen LogP contribution >= 0.6 is 0 Å². The summed E-state index contributed by atoms with van der Waals surface area (Å²) in [5.41, 5.74) is 0. The van der Waals surface area contributed by atoms with Crippen LogP contribution in [0.15, 0.2) is 0 Å². The Morgan fingerprint density at radius 3 is 2.62 bits per heavy atom. The van der Waals surface area contributed by atoms with Crippen molar-refractivity contribution in [1.29, 1.82) is 0 Å². The summed E-state index contributed by atoms with van der Waals surface area (Å²) in [6, 6.07) is 0. The molecule has 0 saturated carbocycles. The molecule has 0 aromatic heterocycles. The van der Waals surface area contributed by atoms with Crippen LogP contribution in [0.4, 0.5) is 4.39 Å². The summed E-state index contributed by atoms with van der Waals surface area (Å²) in [7, 11) is 0. The molecule has 0 aromatic rings. The number of nitrogens with one attached hydrogen (secondary N) is 1. The molecule has 2 heteroatoms. The maximum absolute atomic E-state index is 11.4. The second-order valence-electron chi connectivity index (χ2n) is 1.79. The molecule has 0 amide bonds. The maximum Gasteiger partial charge on any atom is 0.0906 e. The lowest BCUT2D eigenvalue weighted by atomic mass is 10.4. The van der Waals surface area contributed by atoms with Gasteiger partial charge in [0.05, 0.1) is 6.67 Å². The highest BCUT2D eigenvalue weighted by Crippen LogP contribution is 1.76. The molecule has 0 bridgehead atoms. The van der Waals surface area contributed by atoms with Crippen LogP contribution in [0, 0.1) is 0 Å². The average Bonchev–Trinajstić information content (AvgIpc) is 1.81. The Labute approximate surface area is 50.3 Å². The van der Waals surface area contributed by atoms with Crippen LogP contribution in [0.2, 0.25) is 0 Å². The normalized spacial score (nSPS) is 9.75. The van der Waals surface area contributed by atoms with Crippen LogP contribution in [0.25, 0.3) is 0 Å². The fourth-order valence-electron chi connectivity index (χ4n) is 0.494. The van der Waals surface area contributed by atoms with Crippen LogP contribution in [-0.2, 0) is 0 Å². The maximum atomic E-state index is 11.4. The Hall–Kier alpha value is -0.110. The zero-order valence-corrected chi connectivity index (χ0v) is 5.41. The SMILES string of the molecule is CCCNCCCF. The van der Waals surface area contributed by atoms with E-state index in [1.807, 2.05) is 0 Å². The van der Waals surface area contributed by atoms with Crippen molar-refractivity contribution >= 4 is 0 Å². The largest absolute Gasteiger partial charge is 0.317 e. The molecule has 0 unspecified atom stereocenters. The zero-order valence-electron chi connectivity index (χ0n) is 5.41. The first-order valence-corrected chi connectivity index (χ1v) is 3.18. The third-order valence-corrected chi connectivity index (χ3v) is 0.914.